The molecule has 1 nitrogen and oxygen atoms in total. The van der Waals surface area contributed by atoms with Gasteiger partial charge in [-0.05, 0) is 19.1 Å². The molecule has 96 valence electrons. The lowest BCUT2D eigenvalue weighted by Gasteiger charge is -2.14. The molecular weight excluding hydrogens is 227 g/mol. The van der Waals surface area contributed by atoms with Gasteiger partial charge < -0.3 is 5.32 Å². The Morgan fingerprint density at radius 2 is 1.59 bits per heavy atom. The Hall–Kier alpha value is -1.03. The zero-order chi connectivity index (χ0) is 13.1. The highest BCUT2D eigenvalue weighted by molar-refractivity contribution is 5.23. The van der Waals surface area contributed by atoms with E-state index < -0.39 is 11.7 Å². The summed E-state index contributed by atoms with van der Waals surface area (Å²) in [6, 6.07) is 5.85. The Balaban J connectivity index is 2.57. The second kappa shape index (κ2) is 5.54. The van der Waals surface area contributed by atoms with Crippen molar-refractivity contribution in [1.82, 2.24) is 0 Å². The van der Waals surface area contributed by atoms with Crippen molar-refractivity contribution in [3.05, 3.63) is 35.4 Å². The summed E-state index contributed by atoms with van der Waals surface area (Å²) in [5.74, 6) is 0.560. The largest absolute Gasteiger partial charge is 0.416 e. The normalized spacial score (nSPS) is 14.1. The predicted molar refractivity (Wildman–Crippen MR) is 61.4 cm³/mol. The summed E-state index contributed by atoms with van der Waals surface area (Å²) in [4.78, 5) is 0. The van der Waals surface area contributed by atoms with Crippen LogP contribution in [0.15, 0.2) is 24.3 Å². The first-order valence-electron chi connectivity index (χ1n) is 5.80. The zero-order valence-corrected chi connectivity index (χ0v) is 10.4. The van der Waals surface area contributed by atoms with Crippen LogP contribution < -0.4 is 5.32 Å². The van der Waals surface area contributed by atoms with E-state index in [2.05, 4.69) is 26.1 Å². The van der Waals surface area contributed by atoms with E-state index in [9.17, 15) is 13.2 Å². The van der Waals surface area contributed by atoms with Crippen molar-refractivity contribution in [2.24, 2.45) is 5.92 Å². The fourth-order valence-electron chi connectivity index (χ4n) is 1.42. The van der Waals surface area contributed by atoms with Crippen LogP contribution in [0.1, 0.15) is 31.9 Å². The van der Waals surface area contributed by atoms with Crippen molar-refractivity contribution in [2.75, 3.05) is 0 Å². The van der Waals surface area contributed by atoms with Gasteiger partial charge >= 0.3 is 6.18 Å². The predicted octanol–water partition coefficient (Wildman–Crippen LogP) is 2.81. The molecule has 0 amide bonds. The molecule has 2 N–H and O–H groups in total. The van der Waals surface area contributed by atoms with Gasteiger partial charge in [-0.3, -0.25) is 0 Å². The van der Waals surface area contributed by atoms with E-state index >= 15 is 0 Å². The van der Waals surface area contributed by atoms with Gasteiger partial charge in [0.05, 0.1) is 11.6 Å². The number of quaternary nitrogens is 1. The summed E-state index contributed by atoms with van der Waals surface area (Å²) >= 11 is 0. The first-order chi connectivity index (χ1) is 7.80. The van der Waals surface area contributed by atoms with Crippen LogP contribution in [-0.2, 0) is 12.7 Å². The first-order valence-corrected chi connectivity index (χ1v) is 5.80. The Kier molecular flexibility index (Phi) is 4.57. The fraction of sp³-hybridized carbons (Fsp3) is 0.538. The monoisotopic (exact) mass is 246 g/mol. The number of nitrogens with two attached hydrogens (primary N) is 1. The van der Waals surface area contributed by atoms with E-state index in [0.29, 0.717) is 12.0 Å². The van der Waals surface area contributed by atoms with Crippen LogP contribution in [0.5, 0.6) is 0 Å². The van der Waals surface area contributed by atoms with Gasteiger partial charge in [-0.15, -0.1) is 0 Å². The molecule has 1 aromatic carbocycles. The molecule has 0 saturated heterocycles. The van der Waals surface area contributed by atoms with Gasteiger partial charge in [-0.25, -0.2) is 0 Å². The van der Waals surface area contributed by atoms with Crippen LogP contribution in [0, 0.1) is 5.92 Å². The maximum atomic E-state index is 12.3. The van der Waals surface area contributed by atoms with Crippen molar-refractivity contribution >= 4 is 0 Å². The third-order valence-corrected chi connectivity index (χ3v) is 3.06. The van der Waals surface area contributed by atoms with Gasteiger partial charge in [0.15, 0.2) is 0 Å². The van der Waals surface area contributed by atoms with E-state index in [1.807, 2.05) is 0 Å². The highest BCUT2D eigenvalue weighted by atomic mass is 19.4. The lowest BCUT2D eigenvalue weighted by atomic mass is 10.1. The quantitative estimate of drug-likeness (QED) is 0.841. The number of rotatable bonds is 4. The van der Waals surface area contributed by atoms with E-state index in [1.165, 1.54) is 0 Å². The van der Waals surface area contributed by atoms with Gasteiger partial charge in [-0.2, -0.15) is 13.2 Å². The number of benzene rings is 1. The van der Waals surface area contributed by atoms with Crippen LogP contribution in [0.2, 0.25) is 0 Å². The Morgan fingerprint density at radius 3 is 2.00 bits per heavy atom. The average molecular weight is 246 g/mol. The molecule has 0 aromatic heterocycles. The van der Waals surface area contributed by atoms with Gasteiger partial charge in [-0.1, -0.05) is 26.0 Å². The third-order valence-electron chi connectivity index (χ3n) is 3.06. The first kappa shape index (κ1) is 14.0. The molecule has 0 aliphatic heterocycles. The molecule has 0 aliphatic rings. The Bertz CT molecular complexity index is 341. The minimum absolute atomic E-state index is 0.470. The van der Waals surface area contributed by atoms with Crippen LogP contribution in [0.4, 0.5) is 13.2 Å². The standard InChI is InChI=1S/C13H18F3N/c1-9(2)10(3)17-8-11-4-6-12(7-5-11)13(14,15)16/h4-7,9-10,17H,8H2,1-3H3/p+1/t10-/m1/s1. The second-order valence-corrected chi connectivity index (χ2v) is 4.74. The molecule has 0 spiro atoms. The van der Waals surface area contributed by atoms with Crippen LogP contribution in [-0.4, -0.2) is 6.04 Å². The lowest BCUT2D eigenvalue weighted by molar-refractivity contribution is -0.706. The van der Waals surface area contributed by atoms with E-state index in [4.69, 9.17) is 0 Å². The highest BCUT2D eigenvalue weighted by Crippen LogP contribution is 2.28. The molecule has 0 fully saturated rings. The van der Waals surface area contributed by atoms with Gasteiger partial charge in [0, 0.05) is 11.5 Å². The summed E-state index contributed by atoms with van der Waals surface area (Å²) in [5, 5.41) is 2.15. The average Bonchev–Trinajstić information content (AvgIpc) is 2.25. The molecule has 0 aliphatic carbocycles. The van der Waals surface area contributed by atoms with Crippen LogP contribution >= 0.6 is 0 Å². The molecule has 1 atom stereocenters. The van der Waals surface area contributed by atoms with Crippen LogP contribution in [0.25, 0.3) is 0 Å². The SMILES string of the molecule is CC(C)[C@@H](C)[NH2+]Cc1ccc(C(F)(F)F)cc1. The molecule has 0 unspecified atom stereocenters. The lowest BCUT2D eigenvalue weighted by Crippen LogP contribution is -2.88. The Morgan fingerprint density at radius 1 is 1.06 bits per heavy atom. The minimum Gasteiger partial charge on any atom is -0.340 e. The maximum Gasteiger partial charge on any atom is 0.416 e. The van der Waals surface area contributed by atoms with E-state index in [0.717, 1.165) is 24.2 Å². The van der Waals surface area contributed by atoms with Crippen molar-refractivity contribution in [2.45, 2.75) is 39.5 Å². The summed E-state index contributed by atoms with van der Waals surface area (Å²) < 4.78 is 37.0. The Labute approximate surface area is 100 Å². The molecule has 0 bridgehead atoms. The van der Waals surface area contributed by atoms with Crippen molar-refractivity contribution in [3.63, 3.8) is 0 Å². The molecular formula is C13H19F3N+. The molecule has 17 heavy (non-hydrogen) atoms. The molecule has 0 radical (unpaired) electrons. The molecule has 0 saturated carbocycles. The van der Waals surface area contributed by atoms with E-state index in [1.54, 1.807) is 12.1 Å². The number of hydrogen-bond donors (Lipinski definition) is 1. The number of halogens is 3. The van der Waals surface area contributed by atoms with Gasteiger partial charge in [0.2, 0.25) is 0 Å². The molecule has 1 aromatic rings. The van der Waals surface area contributed by atoms with Crippen LogP contribution in [0.3, 0.4) is 0 Å². The fourth-order valence-corrected chi connectivity index (χ4v) is 1.42. The minimum atomic E-state index is -4.24. The van der Waals surface area contributed by atoms with Crippen molar-refractivity contribution in [3.8, 4) is 0 Å². The second-order valence-electron chi connectivity index (χ2n) is 4.74. The molecule has 4 heteroatoms. The summed E-state index contributed by atoms with van der Waals surface area (Å²) in [6.07, 6.45) is -4.24. The third kappa shape index (κ3) is 4.38. The smallest absolute Gasteiger partial charge is 0.340 e. The van der Waals surface area contributed by atoms with Crippen molar-refractivity contribution < 1.29 is 18.5 Å². The summed E-state index contributed by atoms with van der Waals surface area (Å²) in [7, 11) is 0. The topological polar surface area (TPSA) is 16.6 Å². The zero-order valence-electron chi connectivity index (χ0n) is 10.4. The van der Waals surface area contributed by atoms with E-state index in [-0.39, 0.29) is 0 Å². The number of hydrogen-bond acceptors (Lipinski definition) is 0. The van der Waals surface area contributed by atoms with Gasteiger partial charge in [0.1, 0.15) is 6.54 Å². The summed E-state index contributed by atoms with van der Waals surface area (Å²) in [5.41, 5.74) is 0.337. The summed E-state index contributed by atoms with van der Waals surface area (Å²) in [6.45, 7) is 7.11. The molecule has 0 heterocycles. The number of alkyl halides is 3. The van der Waals surface area contributed by atoms with Crippen molar-refractivity contribution in [1.29, 1.82) is 0 Å². The molecule has 1 rings (SSSR count). The highest BCUT2D eigenvalue weighted by Gasteiger charge is 2.29. The van der Waals surface area contributed by atoms with Gasteiger partial charge in [0.25, 0.3) is 0 Å². The maximum absolute atomic E-state index is 12.3.